The summed E-state index contributed by atoms with van der Waals surface area (Å²) in [7, 11) is -4.30. The Labute approximate surface area is 229 Å². The number of pyridine rings is 1. The van der Waals surface area contributed by atoms with Crippen LogP contribution in [-0.2, 0) is 18.6 Å². The molecule has 1 fully saturated rings. The molecule has 11 nitrogen and oxygen atoms in total. The Morgan fingerprint density at radius 1 is 1.13 bits per heavy atom. The van der Waals surface area contributed by atoms with Crippen LogP contribution in [0.2, 0.25) is 0 Å². The molecule has 2 amide bonds. The van der Waals surface area contributed by atoms with Crippen molar-refractivity contribution in [2.75, 3.05) is 38.9 Å². The van der Waals surface area contributed by atoms with Crippen LogP contribution in [0.1, 0.15) is 17.4 Å². The average Bonchev–Trinajstić information content (AvgIpc) is 3.48. The number of amides is 2. The highest BCUT2D eigenvalue weighted by molar-refractivity contribution is 7.52. The largest absolute Gasteiger partial charge is 0.417 e. The van der Waals surface area contributed by atoms with E-state index in [0.29, 0.717) is 31.9 Å². The fraction of sp³-hybridized carbons (Fsp3) is 0.308. The smallest absolute Gasteiger partial charge is 0.375 e. The molecule has 2 atom stereocenters. The maximum Gasteiger partial charge on any atom is 0.417 e. The van der Waals surface area contributed by atoms with Crippen molar-refractivity contribution in [2.45, 2.75) is 13.0 Å². The summed E-state index contributed by atoms with van der Waals surface area (Å²) in [5.41, 5.74) is 2.89. The Hall–Kier alpha value is -3.41. The first-order valence-electron chi connectivity index (χ1n) is 12.3. The van der Waals surface area contributed by atoms with Crippen LogP contribution in [0.25, 0.3) is 22.4 Å². The van der Waals surface area contributed by atoms with Crippen LogP contribution < -0.4 is 10.6 Å². The highest BCUT2D eigenvalue weighted by Crippen LogP contribution is 2.42. The molecule has 3 N–H and O–H groups in total. The second-order valence-corrected chi connectivity index (χ2v) is 11.4. The predicted octanol–water partition coefficient (Wildman–Crippen LogP) is 3.37. The number of rotatable bonds is 9. The van der Waals surface area contributed by atoms with Gasteiger partial charge in [-0.25, -0.2) is 14.6 Å². The van der Waals surface area contributed by atoms with E-state index in [9.17, 15) is 23.8 Å². The van der Waals surface area contributed by atoms with Gasteiger partial charge in [0.1, 0.15) is 11.7 Å². The Kier molecular flexibility index (Phi) is 9.60. The number of thiophene rings is 1. The molecule has 4 rings (SSSR count). The summed E-state index contributed by atoms with van der Waals surface area (Å²) in [6, 6.07) is 13.0. The molecule has 0 saturated carbocycles. The molecule has 2 unspecified atom stereocenters. The number of hydrogen-bond acceptors (Lipinski definition) is 9. The van der Waals surface area contributed by atoms with Gasteiger partial charge in [0.15, 0.2) is 0 Å². The predicted molar refractivity (Wildman–Crippen MR) is 146 cm³/mol. The number of carbonyl (C=O) groups is 3. The number of hydrogen-bond donors (Lipinski definition) is 3. The van der Waals surface area contributed by atoms with Gasteiger partial charge in [-0.15, -0.1) is 0 Å². The third kappa shape index (κ3) is 7.81. The standard InChI is InChI=1S/C26H29N4O7PS/c1-2-36-38(34,35)16-23(25(32)37-26(33)30-11-9-27-10-12-30)29-24(31)22-15-20(19-8-13-39-17-19)14-21(28-22)18-6-4-3-5-7-18/h3-8,13-15,17,23,27H,2,9-12,16H2,1H3,(H,29,31)(H,34,35). The second-order valence-electron chi connectivity index (χ2n) is 8.69. The van der Waals surface area contributed by atoms with Gasteiger partial charge in [0, 0.05) is 31.7 Å². The number of benzene rings is 1. The van der Waals surface area contributed by atoms with Crippen LogP contribution in [0.15, 0.2) is 59.3 Å². The van der Waals surface area contributed by atoms with E-state index >= 15 is 0 Å². The van der Waals surface area contributed by atoms with Crippen LogP contribution in [0.5, 0.6) is 0 Å². The van der Waals surface area contributed by atoms with Crippen molar-refractivity contribution in [1.29, 1.82) is 0 Å². The fourth-order valence-corrected chi connectivity index (χ4v) is 5.84. The van der Waals surface area contributed by atoms with E-state index < -0.39 is 37.8 Å². The normalized spacial score (nSPS) is 15.7. The fourth-order valence-electron chi connectivity index (χ4n) is 3.96. The molecule has 3 heterocycles. The van der Waals surface area contributed by atoms with Crippen LogP contribution in [0.3, 0.4) is 0 Å². The molecule has 3 aromatic rings. The lowest BCUT2D eigenvalue weighted by molar-refractivity contribution is -0.140. The summed E-state index contributed by atoms with van der Waals surface area (Å²) in [6.07, 6.45) is -1.68. The summed E-state index contributed by atoms with van der Waals surface area (Å²) in [5.74, 6) is -1.95. The summed E-state index contributed by atoms with van der Waals surface area (Å²) < 4.78 is 22.4. The zero-order valence-corrected chi connectivity index (χ0v) is 23.0. The third-order valence-corrected chi connectivity index (χ3v) is 8.05. The summed E-state index contributed by atoms with van der Waals surface area (Å²) >= 11 is 1.50. The number of carbonyl (C=O) groups excluding carboxylic acids is 3. The quantitative estimate of drug-likeness (QED) is 0.199. The molecule has 1 aliphatic rings. The number of aromatic nitrogens is 1. The second kappa shape index (κ2) is 13.1. The Balaban J connectivity index is 1.61. The van der Waals surface area contributed by atoms with Crippen molar-refractivity contribution >= 4 is 36.9 Å². The Bertz CT molecular complexity index is 1350. The summed E-state index contributed by atoms with van der Waals surface area (Å²) in [6.45, 7) is 3.18. The lowest BCUT2D eigenvalue weighted by atomic mass is 10.0. The van der Waals surface area contributed by atoms with E-state index in [1.54, 1.807) is 6.07 Å². The van der Waals surface area contributed by atoms with E-state index in [2.05, 4.69) is 15.6 Å². The molecule has 1 aliphatic heterocycles. The first-order chi connectivity index (χ1) is 18.8. The molecule has 0 spiro atoms. The van der Waals surface area contributed by atoms with Crippen molar-refractivity contribution in [3.05, 3.63) is 65.0 Å². The van der Waals surface area contributed by atoms with Gasteiger partial charge >= 0.3 is 19.7 Å². The third-order valence-electron chi connectivity index (χ3n) is 5.88. The molecule has 0 bridgehead atoms. The molecule has 1 aromatic carbocycles. The minimum Gasteiger partial charge on any atom is -0.375 e. The minimum atomic E-state index is -4.30. The van der Waals surface area contributed by atoms with E-state index in [1.165, 1.54) is 23.2 Å². The lowest BCUT2D eigenvalue weighted by Crippen LogP contribution is -2.50. The average molecular weight is 573 g/mol. The van der Waals surface area contributed by atoms with Gasteiger partial charge in [-0.05, 0) is 47.0 Å². The first-order valence-corrected chi connectivity index (χ1v) is 15.0. The number of nitrogens with one attached hydrogen (secondary N) is 2. The van der Waals surface area contributed by atoms with Gasteiger partial charge in [0.2, 0.25) is 0 Å². The molecule has 39 heavy (non-hydrogen) atoms. The zero-order chi connectivity index (χ0) is 27.8. The Morgan fingerprint density at radius 2 is 1.87 bits per heavy atom. The highest BCUT2D eigenvalue weighted by atomic mass is 32.1. The topological polar surface area (TPSA) is 147 Å². The minimum absolute atomic E-state index is 0.0204. The molecule has 0 aliphatic carbocycles. The summed E-state index contributed by atoms with van der Waals surface area (Å²) in [4.78, 5) is 54.9. The van der Waals surface area contributed by atoms with E-state index in [0.717, 1.165) is 16.7 Å². The van der Waals surface area contributed by atoms with Crippen molar-refractivity contribution in [3.8, 4) is 22.4 Å². The highest BCUT2D eigenvalue weighted by Gasteiger charge is 2.35. The maximum absolute atomic E-state index is 13.4. The van der Waals surface area contributed by atoms with Crippen LogP contribution >= 0.6 is 18.9 Å². The van der Waals surface area contributed by atoms with E-state index in [1.807, 2.05) is 53.2 Å². The van der Waals surface area contributed by atoms with E-state index in [4.69, 9.17) is 9.26 Å². The molecular formula is C26H29N4O7PS. The molecule has 13 heteroatoms. The number of piperazine rings is 1. The van der Waals surface area contributed by atoms with E-state index in [-0.39, 0.29) is 12.3 Å². The van der Waals surface area contributed by atoms with Crippen molar-refractivity contribution < 1.29 is 33.1 Å². The lowest BCUT2D eigenvalue weighted by Gasteiger charge is -2.27. The molecule has 2 aromatic heterocycles. The van der Waals surface area contributed by atoms with Gasteiger partial charge in [-0.2, -0.15) is 11.3 Å². The van der Waals surface area contributed by atoms with Crippen LogP contribution in [-0.4, -0.2) is 77.7 Å². The monoisotopic (exact) mass is 572 g/mol. The summed E-state index contributed by atoms with van der Waals surface area (Å²) in [5, 5.41) is 9.36. The van der Waals surface area contributed by atoms with Gasteiger partial charge < -0.3 is 29.7 Å². The first kappa shape index (κ1) is 28.6. The zero-order valence-electron chi connectivity index (χ0n) is 21.2. The number of nitrogens with zero attached hydrogens (tertiary/aromatic N) is 2. The molecule has 206 valence electrons. The van der Waals surface area contributed by atoms with Gasteiger partial charge in [-0.3, -0.25) is 9.36 Å². The molecule has 1 saturated heterocycles. The molecular weight excluding hydrogens is 543 g/mol. The van der Waals surface area contributed by atoms with Gasteiger partial charge in [0.05, 0.1) is 18.5 Å². The van der Waals surface area contributed by atoms with Crippen molar-refractivity contribution in [3.63, 3.8) is 0 Å². The maximum atomic E-state index is 13.4. The number of esters is 1. The molecule has 0 radical (unpaired) electrons. The van der Waals surface area contributed by atoms with Gasteiger partial charge in [0.25, 0.3) is 5.91 Å². The Morgan fingerprint density at radius 3 is 2.54 bits per heavy atom. The number of ether oxygens (including phenoxy) is 1. The van der Waals surface area contributed by atoms with Crippen LogP contribution in [0.4, 0.5) is 4.79 Å². The van der Waals surface area contributed by atoms with Crippen LogP contribution in [0, 0.1) is 0 Å². The van der Waals surface area contributed by atoms with Crippen molar-refractivity contribution in [2.24, 2.45) is 0 Å². The van der Waals surface area contributed by atoms with Gasteiger partial charge in [-0.1, -0.05) is 30.3 Å². The SMILES string of the molecule is CCOP(=O)(O)CC(NC(=O)c1cc(-c2ccsc2)cc(-c2ccccc2)n1)C(=O)OC(=O)N1CCNCC1. The van der Waals surface area contributed by atoms with Crippen molar-refractivity contribution in [1.82, 2.24) is 20.5 Å².